The van der Waals surface area contributed by atoms with Gasteiger partial charge in [0.25, 0.3) is 0 Å². The summed E-state index contributed by atoms with van der Waals surface area (Å²) >= 11 is 0. The molecule has 0 radical (unpaired) electrons. The number of halogens is 2. The van der Waals surface area contributed by atoms with E-state index in [4.69, 9.17) is 0 Å². The molecule has 0 saturated heterocycles. The van der Waals surface area contributed by atoms with Crippen molar-refractivity contribution in [1.82, 2.24) is 0 Å². The van der Waals surface area contributed by atoms with Crippen LogP contribution in [0.25, 0.3) is 0 Å². The maximum absolute atomic E-state index is 0. The van der Waals surface area contributed by atoms with Crippen LogP contribution in [-0.2, 0) is 0 Å². The Balaban J connectivity index is 0. The van der Waals surface area contributed by atoms with Crippen molar-refractivity contribution >= 4 is 56.2 Å². The largest absolute Gasteiger partial charge is 1.00 e. The van der Waals surface area contributed by atoms with Crippen LogP contribution < -0.4 is 29.6 Å². The van der Waals surface area contributed by atoms with E-state index in [1.165, 1.54) is 0 Å². The number of rotatable bonds is 0. The van der Waals surface area contributed by atoms with Gasteiger partial charge in [0, 0.05) is 0 Å². The summed E-state index contributed by atoms with van der Waals surface area (Å²) in [6.45, 7) is 0. The van der Waals surface area contributed by atoms with Gasteiger partial charge in [-0.25, -0.2) is 0 Å². The monoisotopic (exact) mass is 260 g/mol. The Hall–Kier alpha value is 2.66. The SMILES string of the molecule is Cl.I.[GaH3].[H-].[Na+]. The fourth-order valence-corrected chi connectivity index (χ4v) is 0. The second kappa shape index (κ2) is 17.4. The molecule has 0 spiro atoms. The van der Waals surface area contributed by atoms with Crippen LogP contribution in [0.1, 0.15) is 1.43 Å². The third-order valence-corrected chi connectivity index (χ3v) is 0. The molecule has 0 amide bonds. The van der Waals surface area contributed by atoms with Gasteiger partial charge in [0.2, 0.25) is 0 Å². The molecule has 0 aliphatic carbocycles. The van der Waals surface area contributed by atoms with Crippen LogP contribution in [0.15, 0.2) is 0 Å². The molecule has 0 aromatic heterocycles. The molecule has 4 heteroatoms. The molecule has 0 aromatic rings. The van der Waals surface area contributed by atoms with Gasteiger partial charge in [-0.15, -0.1) is 36.4 Å². The zero-order valence-electron chi connectivity index (χ0n) is 2.82. The van der Waals surface area contributed by atoms with Gasteiger partial charge in [-0.2, -0.15) is 0 Å². The van der Waals surface area contributed by atoms with Crippen LogP contribution in [0, 0.1) is 0 Å². The number of hydrogen-bond donors (Lipinski definition) is 0. The van der Waals surface area contributed by atoms with Crippen LogP contribution in [0.5, 0.6) is 0 Å². The van der Waals surface area contributed by atoms with Crippen molar-refractivity contribution in [3.05, 3.63) is 0 Å². The molecular weight excluding hydrogens is 255 g/mol. The Labute approximate surface area is 85.7 Å². The molecule has 0 unspecified atom stereocenters. The summed E-state index contributed by atoms with van der Waals surface area (Å²) in [7, 11) is 0. The Morgan fingerprint density at radius 1 is 1.25 bits per heavy atom. The van der Waals surface area contributed by atoms with Gasteiger partial charge in [0.1, 0.15) is 0 Å². The molecule has 0 N–H and O–H groups in total. The smallest absolute Gasteiger partial charge is 1.00 e. The predicted octanol–water partition coefficient (Wildman–Crippen LogP) is -3.03. The molecule has 0 aliphatic heterocycles. The van der Waals surface area contributed by atoms with Crippen molar-refractivity contribution in [3.63, 3.8) is 0 Å². The molecule has 0 nitrogen and oxygen atoms in total. The van der Waals surface area contributed by atoms with E-state index in [-0.39, 0.29) is 87.2 Å². The fraction of sp³-hybridized carbons (Fsp3) is 0. The molecular formula is H6ClGaINa. The van der Waals surface area contributed by atoms with E-state index in [0.29, 0.717) is 0 Å². The summed E-state index contributed by atoms with van der Waals surface area (Å²) in [6.07, 6.45) is 0. The summed E-state index contributed by atoms with van der Waals surface area (Å²) in [5, 5.41) is 0. The summed E-state index contributed by atoms with van der Waals surface area (Å²) < 4.78 is 0. The van der Waals surface area contributed by atoms with Crippen molar-refractivity contribution in [2.24, 2.45) is 0 Å². The van der Waals surface area contributed by atoms with Crippen molar-refractivity contribution in [2.45, 2.75) is 0 Å². The summed E-state index contributed by atoms with van der Waals surface area (Å²) in [5.74, 6) is 0. The summed E-state index contributed by atoms with van der Waals surface area (Å²) in [5.41, 5.74) is 0. The van der Waals surface area contributed by atoms with E-state index >= 15 is 0 Å². The normalized spacial score (nSPS) is 0. The van der Waals surface area contributed by atoms with Crippen molar-refractivity contribution < 1.29 is 31.0 Å². The zero-order chi connectivity index (χ0) is 0. The first kappa shape index (κ1) is 30.2. The van der Waals surface area contributed by atoms with Crippen LogP contribution >= 0.6 is 36.4 Å². The Kier molecular flexibility index (Phi) is 131. The topological polar surface area (TPSA) is 0 Å². The van der Waals surface area contributed by atoms with Crippen molar-refractivity contribution in [2.75, 3.05) is 0 Å². The maximum atomic E-state index is 0. The van der Waals surface area contributed by atoms with Crippen LogP contribution in [0.3, 0.4) is 0 Å². The Morgan fingerprint density at radius 3 is 1.25 bits per heavy atom. The molecule has 0 fully saturated rings. The van der Waals surface area contributed by atoms with Gasteiger partial charge in [0.15, 0.2) is 0 Å². The number of hydrogen-bond acceptors (Lipinski definition) is 0. The molecule has 4 heavy (non-hydrogen) atoms. The predicted molar refractivity (Wildman–Crippen MR) is 33.7 cm³/mol. The van der Waals surface area contributed by atoms with Gasteiger partial charge < -0.3 is 1.43 Å². The van der Waals surface area contributed by atoms with E-state index in [1.807, 2.05) is 0 Å². The fourth-order valence-electron chi connectivity index (χ4n) is 0. The van der Waals surface area contributed by atoms with E-state index in [2.05, 4.69) is 0 Å². The van der Waals surface area contributed by atoms with Gasteiger partial charge in [-0.1, -0.05) is 0 Å². The molecule has 0 atom stereocenters. The van der Waals surface area contributed by atoms with Crippen LogP contribution in [0.4, 0.5) is 0 Å². The first-order chi connectivity index (χ1) is 0. The zero-order valence-corrected chi connectivity index (χ0v) is 6.96. The minimum absolute atomic E-state index is 0. The average Bonchev–Trinajstić information content (AvgIpc) is 0. The first-order valence-electron chi connectivity index (χ1n) is 0. The Morgan fingerprint density at radius 2 is 1.25 bits per heavy atom. The van der Waals surface area contributed by atoms with Gasteiger partial charge in [0.05, 0.1) is 0 Å². The average molecular weight is 261 g/mol. The van der Waals surface area contributed by atoms with E-state index < -0.39 is 0 Å². The summed E-state index contributed by atoms with van der Waals surface area (Å²) in [6, 6.07) is 0. The Bertz CT molecular complexity index is 11.6. The molecule has 0 aromatic carbocycles. The second-order valence-electron chi connectivity index (χ2n) is 0. The quantitative estimate of drug-likeness (QED) is 0.321. The minimum atomic E-state index is 0. The van der Waals surface area contributed by atoms with Crippen molar-refractivity contribution in [3.8, 4) is 0 Å². The first-order valence-corrected chi connectivity index (χ1v) is 0. The third-order valence-electron chi connectivity index (χ3n) is 0. The van der Waals surface area contributed by atoms with Gasteiger partial charge in [-0.3, -0.25) is 0 Å². The molecule has 0 aliphatic rings. The third kappa shape index (κ3) is 8.82. The van der Waals surface area contributed by atoms with Gasteiger partial charge in [-0.05, 0) is 0 Å². The van der Waals surface area contributed by atoms with Gasteiger partial charge >= 0.3 is 49.3 Å². The van der Waals surface area contributed by atoms with Crippen molar-refractivity contribution in [1.29, 1.82) is 0 Å². The van der Waals surface area contributed by atoms with E-state index in [1.54, 1.807) is 0 Å². The minimum Gasteiger partial charge on any atom is -1.00 e. The molecule has 0 rings (SSSR count). The molecule has 0 saturated carbocycles. The molecule has 0 bridgehead atoms. The summed E-state index contributed by atoms with van der Waals surface area (Å²) in [4.78, 5) is 0. The van der Waals surface area contributed by atoms with E-state index in [9.17, 15) is 0 Å². The standard InChI is InChI=1S/ClH.Ga.HI.Na.4H/h1H;;1H;;;;;/q;;;+1;;;;-1. The van der Waals surface area contributed by atoms with Crippen LogP contribution in [0.2, 0.25) is 0 Å². The van der Waals surface area contributed by atoms with E-state index in [0.717, 1.165) is 0 Å². The second-order valence-corrected chi connectivity index (χ2v) is 0. The van der Waals surface area contributed by atoms with Crippen LogP contribution in [-0.4, -0.2) is 19.8 Å². The maximum Gasteiger partial charge on any atom is 1.00 e. The molecule has 0 heterocycles. The molecule has 24 valence electrons.